The average Bonchev–Trinajstić information content (AvgIpc) is 2.14. The van der Waals surface area contributed by atoms with Gasteiger partial charge in [-0.2, -0.15) is 5.26 Å². The van der Waals surface area contributed by atoms with E-state index in [1.165, 1.54) is 0 Å². The first-order chi connectivity index (χ1) is 3.43. The minimum absolute atomic E-state index is 0.498. The summed E-state index contributed by atoms with van der Waals surface area (Å²) in [6.07, 6.45) is 0. The lowest BCUT2D eigenvalue weighted by molar-refractivity contribution is 1.57. The van der Waals surface area contributed by atoms with Crippen LogP contribution in [0.2, 0.25) is 0 Å². The van der Waals surface area contributed by atoms with Crippen molar-refractivity contribution in [2.24, 2.45) is 0 Å². The second-order valence-electron chi connectivity index (χ2n) is 1.19. The summed E-state index contributed by atoms with van der Waals surface area (Å²) in [7, 11) is -0.498. The molecule has 0 amide bonds. The summed E-state index contributed by atoms with van der Waals surface area (Å²) >= 11 is 0. The zero-order valence-electron chi connectivity index (χ0n) is 3.70. The summed E-state index contributed by atoms with van der Waals surface area (Å²) < 4.78 is 0. The van der Waals surface area contributed by atoms with Crippen LogP contribution in [-0.4, -0.2) is 0 Å². The van der Waals surface area contributed by atoms with Gasteiger partial charge in [-0.15, -0.1) is 0 Å². The first-order valence-corrected chi connectivity index (χ1v) is 3.44. The van der Waals surface area contributed by atoms with Crippen molar-refractivity contribution < 1.29 is 0 Å². The van der Waals surface area contributed by atoms with Crippen LogP contribution in [0.25, 0.3) is 0 Å². The van der Waals surface area contributed by atoms with Crippen LogP contribution in [0.3, 0.4) is 0 Å². The van der Waals surface area contributed by atoms with Gasteiger partial charge in [0.05, 0.1) is 0 Å². The second-order valence-corrected chi connectivity index (χ2v) is 2.80. The molecule has 0 saturated carbocycles. The standard InChI is InChI=1S/C5H4NP/c6-5-7-3-1-2-4-7/h1-4H. The first-order valence-electron chi connectivity index (χ1n) is 1.96. The van der Waals surface area contributed by atoms with Crippen molar-refractivity contribution >= 4 is 7.53 Å². The van der Waals surface area contributed by atoms with E-state index in [0.717, 1.165) is 0 Å². The van der Waals surface area contributed by atoms with E-state index in [0.29, 0.717) is 0 Å². The third-order valence-electron chi connectivity index (χ3n) is 0.720. The molecule has 34 valence electrons. The van der Waals surface area contributed by atoms with Crippen molar-refractivity contribution in [2.75, 3.05) is 0 Å². The lowest BCUT2D eigenvalue weighted by atomic mass is 10.7. The maximum absolute atomic E-state index is 8.24. The lowest BCUT2D eigenvalue weighted by Crippen LogP contribution is -1.28. The highest BCUT2D eigenvalue weighted by Crippen LogP contribution is 2.22. The van der Waals surface area contributed by atoms with E-state index < -0.39 is 7.53 Å². The van der Waals surface area contributed by atoms with Gasteiger partial charge in [-0.25, -0.2) is 0 Å². The Kier molecular flexibility index (Phi) is 1.15. The van der Waals surface area contributed by atoms with Gasteiger partial charge in [0, 0.05) is 0 Å². The minimum Gasteiger partial charge on any atom is -0.188 e. The molecule has 0 aliphatic rings. The Labute approximate surface area is 43.3 Å². The molecular weight excluding hydrogens is 105 g/mol. The largest absolute Gasteiger partial charge is 0.188 e. The van der Waals surface area contributed by atoms with Gasteiger partial charge >= 0.3 is 0 Å². The van der Waals surface area contributed by atoms with E-state index in [4.69, 9.17) is 5.26 Å². The molecule has 0 radical (unpaired) electrons. The van der Waals surface area contributed by atoms with Crippen LogP contribution < -0.4 is 0 Å². The zero-order chi connectivity index (χ0) is 5.11. The Morgan fingerprint density at radius 1 is 1.29 bits per heavy atom. The molecule has 1 rings (SSSR count). The molecule has 1 heterocycles. The molecule has 1 aromatic heterocycles. The molecule has 1 aromatic rings. The monoisotopic (exact) mass is 109 g/mol. The van der Waals surface area contributed by atoms with Crippen LogP contribution in [0.15, 0.2) is 23.7 Å². The lowest BCUT2D eigenvalue weighted by Gasteiger charge is -1.65. The van der Waals surface area contributed by atoms with Gasteiger partial charge in [-0.3, -0.25) is 0 Å². The van der Waals surface area contributed by atoms with Crippen molar-refractivity contribution in [1.82, 2.24) is 0 Å². The number of hydrogen-bond acceptors (Lipinski definition) is 1. The Morgan fingerprint density at radius 2 is 1.86 bits per heavy atom. The number of hydrogen-bond donors (Lipinski definition) is 0. The molecule has 0 spiro atoms. The molecule has 0 bridgehead atoms. The molecule has 0 unspecified atom stereocenters. The molecule has 0 saturated heterocycles. The summed E-state index contributed by atoms with van der Waals surface area (Å²) in [6.45, 7) is 0. The molecule has 7 heavy (non-hydrogen) atoms. The van der Waals surface area contributed by atoms with E-state index >= 15 is 0 Å². The average molecular weight is 109 g/mol. The van der Waals surface area contributed by atoms with Crippen LogP contribution in [0.4, 0.5) is 0 Å². The van der Waals surface area contributed by atoms with E-state index in [1.54, 1.807) is 0 Å². The molecule has 0 aromatic carbocycles. The quantitative estimate of drug-likeness (QED) is 0.499. The third-order valence-corrected chi connectivity index (χ3v) is 1.94. The Morgan fingerprint density at radius 3 is 2.14 bits per heavy atom. The van der Waals surface area contributed by atoms with Crippen molar-refractivity contribution in [1.29, 1.82) is 5.26 Å². The Bertz CT molecular complexity index is 170. The molecule has 0 atom stereocenters. The molecule has 1 nitrogen and oxygen atoms in total. The van der Waals surface area contributed by atoms with Crippen LogP contribution in [0, 0.1) is 11.1 Å². The van der Waals surface area contributed by atoms with E-state index in [-0.39, 0.29) is 0 Å². The van der Waals surface area contributed by atoms with Gasteiger partial charge in [0.2, 0.25) is 0 Å². The number of rotatable bonds is 0. The fraction of sp³-hybridized carbons (Fsp3) is 0. The summed E-state index contributed by atoms with van der Waals surface area (Å²) in [5.41, 5.74) is 0. The molecule has 0 aliphatic carbocycles. The fourth-order valence-electron chi connectivity index (χ4n) is 0.401. The van der Waals surface area contributed by atoms with Gasteiger partial charge in [0.25, 0.3) is 0 Å². The maximum Gasteiger partial charge on any atom is 0.116 e. The third kappa shape index (κ3) is 0.824. The maximum atomic E-state index is 8.24. The van der Waals surface area contributed by atoms with Gasteiger partial charge in [-0.1, -0.05) is 12.1 Å². The molecule has 0 N–H and O–H groups in total. The van der Waals surface area contributed by atoms with Crippen LogP contribution >= 0.6 is 7.53 Å². The summed E-state index contributed by atoms with van der Waals surface area (Å²) in [4.78, 5) is 0. The molecule has 2 heteroatoms. The highest BCUT2D eigenvalue weighted by Gasteiger charge is 1.79. The predicted octanol–water partition coefficient (Wildman–Crippen LogP) is 2.00. The molecule has 0 aliphatic heterocycles. The van der Waals surface area contributed by atoms with Crippen molar-refractivity contribution in [3.63, 3.8) is 0 Å². The van der Waals surface area contributed by atoms with E-state index in [2.05, 4.69) is 5.81 Å². The summed E-state index contributed by atoms with van der Waals surface area (Å²) in [5, 5.41) is 8.24. The predicted molar refractivity (Wildman–Crippen MR) is 30.2 cm³/mol. The van der Waals surface area contributed by atoms with E-state index in [9.17, 15) is 0 Å². The van der Waals surface area contributed by atoms with Crippen LogP contribution in [-0.2, 0) is 0 Å². The minimum atomic E-state index is -0.498. The Balaban J connectivity index is 3.04. The second kappa shape index (κ2) is 1.82. The Hall–Kier alpha value is -0.730. The van der Waals surface area contributed by atoms with Crippen molar-refractivity contribution in [3.05, 3.63) is 23.7 Å². The van der Waals surface area contributed by atoms with Crippen LogP contribution in [0.1, 0.15) is 0 Å². The smallest absolute Gasteiger partial charge is 0.116 e. The van der Waals surface area contributed by atoms with Gasteiger partial charge in [0.1, 0.15) is 5.81 Å². The fourth-order valence-corrected chi connectivity index (χ4v) is 1.20. The molecular formula is C5H4NP. The van der Waals surface area contributed by atoms with Crippen LogP contribution in [0.5, 0.6) is 0 Å². The van der Waals surface area contributed by atoms with Crippen molar-refractivity contribution in [3.8, 4) is 5.81 Å². The van der Waals surface area contributed by atoms with E-state index in [1.807, 2.05) is 23.7 Å². The normalized spacial score (nSPS) is 7.86. The topological polar surface area (TPSA) is 23.8 Å². The first kappa shape index (κ1) is 4.43. The number of nitriles is 1. The van der Waals surface area contributed by atoms with Crippen molar-refractivity contribution in [2.45, 2.75) is 0 Å². The highest BCUT2D eigenvalue weighted by molar-refractivity contribution is 7.53. The SMILES string of the molecule is N#Cp1cccc1. The summed E-state index contributed by atoms with van der Waals surface area (Å²) in [6, 6.07) is 3.82. The van der Waals surface area contributed by atoms with Gasteiger partial charge in [0.15, 0.2) is 0 Å². The highest BCUT2D eigenvalue weighted by atomic mass is 31.1. The zero-order valence-corrected chi connectivity index (χ0v) is 4.60. The van der Waals surface area contributed by atoms with Gasteiger partial charge in [-0.05, 0) is 19.1 Å². The molecule has 0 fully saturated rings. The number of nitrogens with zero attached hydrogens (tertiary/aromatic N) is 1. The summed E-state index contributed by atoms with van der Waals surface area (Å²) in [5.74, 6) is 6.01. The van der Waals surface area contributed by atoms with Gasteiger partial charge < -0.3 is 0 Å².